The van der Waals surface area contributed by atoms with Gasteiger partial charge in [0.05, 0.1) is 6.42 Å². The Kier molecular flexibility index (Phi) is 17.9. The minimum absolute atomic E-state index is 0. The van der Waals surface area contributed by atoms with E-state index >= 15 is 0 Å². The Morgan fingerprint density at radius 3 is 1.96 bits per heavy atom. The van der Waals surface area contributed by atoms with E-state index in [4.69, 9.17) is 44.2 Å². The molecular formula is C12H19Cl3N4O3S. The average Bonchev–Trinajstić information content (AvgIpc) is 2.33. The summed E-state index contributed by atoms with van der Waals surface area (Å²) in [6.07, 6.45) is -1.34. The molecule has 132 valence electrons. The van der Waals surface area contributed by atoms with E-state index in [1.807, 2.05) is 6.92 Å². The van der Waals surface area contributed by atoms with Crippen LogP contribution < -0.4 is 16.8 Å². The first-order valence-electron chi connectivity index (χ1n) is 5.81. The Morgan fingerprint density at radius 1 is 1.30 bits per heavy atom. The molecular weight excluding hydrogens is 387 g/mol. The lowest BCUT2D eigenvalue weighted by atomic mass is 10.1. The lowest BCUT2D eigenvalue weighted by Crippen LogP contribution is -2.36. The molecule has 0 aromatic heterocycles. The number of halogens is 3. The Morgan fingerprint density at radius 2 is 1.65 bits per heavy atom. The zero-order chi connectivity index (χ0) is 17.7. The summed E-state index contributed by atoms with van der Waals surface area (Å²) >= 11 is 15.5. The number of carboxylic acid groups (broad SMARTS) is 1. The standard InChI is InChI=1S/C9H9Cl2N3O.C2H6S.CH3NO2.ClH/c10-6-2-1-3-7(11)5(6)4-8(15)14-9(12)13;1-2-3;2-1(3)4;/h1-3H,4H2,(H4,12,13,14,15);3H,2H2,1H3;2H2,(H,3,4);1H. The number of hydrogen-bond acceptors (Lipinski definition) is 4. The van der Waals surface area contributed by atoms with E-state index in [2.05, 4.69) is 23.7 Å². The second kappa shape index (κ2) is 15.5. The van der Waals surface area contributed by atoms with Crippen molar-refractivity contribution in [1.82, 2.24) is 5.32 Å². The number of hydrogen-bond donors (Lipinski definition) is 6. The van der Waals surface area contributed by atoms with Crippen molar-refractivity contribution in [2.75, 3.05) is 5.75 Å². The third-order valence-electron chi connectivity index (χ3n) is 1.67. The molecule has 0 heterocycles. The monoisotopic (exact) mass is 404 g/mol. The maximum Gasteiger partial charge on any atom is 0.402 e. The van der Waals surface area contributed by atoms with Crippen molar-refractivity contribution >= 4 is 66.2 Å². The lowest BCUT2D eigenvalue weighted by molar-refractivity contribution is -0.119. The topological polar surface area (TPSA) is 142 Å². The van der Waals surface area contributed by atoms with Crippen molar-refractivity contribution in [3.05, 3.63) is 33.8 Å². The Labute approximate surface area is 156 Å². The molecule has 0 saturated heterocycles. The minimum Gasteiger partial charge on any atom is -0.465 e. The van der Waals surface area contributed by atoms with Crippen LogP contribution in [0, 0.1) is 5.41 Å². The SMILES string of the molecule is CCS.Cl.N=C(N)NC(=O)Cc1c(Cl)cccc1Cl.NC(=O)O. The number of rotatable bonds is 2. The summed E-state index contributed by atoms with van der Waals surface area (Å²) in [4.78, 5) is 20.1. The van der Waals surface area contributed by atoms with Crippen molar-refractivity contribution in [1.29, 1.82) is 5.41 Å². The van der Waals surface area contributed by atoms with Crippen LogP contribution in [0.5, 0.6) is 0 Å². The van der Waals surface area contributed by atoms with Gasteiger partial charge in [0.15, 0.2) is 5.96 Å². The first-order valence-corrected chi connectivity index (χ1v) is 7.20. The van der Waals surface area contributed by atoms with Crippen LogP contribution in [0.3, 0.4) is 0 Å². The number of nitrogens with one attached hydrogen (secondary N) is 2. The predicted octanol–water partition coefficient (Wildman–Crippen LogP) is 2.53. The highest BCUT2D eigenvalue weighted by molar-refractivity contribution is 7.80. The van der Waals surface area contributed by atoms with E-state index in [0.29, 0.717) is 15.6 Å². The molecule has 7 nitrogen and oxygen atoms in total. The third kappa shape index (κ3) is 16.8. The summed E-state index contributed by atoms with van der Waals surface area (Å²) in [6, 6.07) is 4.98. The maximum absolute atomic E-state index is 11.3. The first-order chi connectivity index (χ1) is 10.1. The van der Waals surface area contributed by atoms with Gasteiger partial charge in [-0.3, -0.25) is 15.5 Å². The molecule has 0 fully saturated rings. The van der Waals surface area contributed by atoms with E-state index in [0.717, 1.165) is 5.75 Å². The maximum atomic E-state index is 11.3. The normalized spacial score (nSPS) is 8.17. The van der Waals surface area contributed by atoms with E-state index < -0.39 is 18.0 Å². The predicted molar refractivity (Wildman–Crippen MR) is 99.2 cm³/mol. The van der Waals surface area contributed by atoms with E-state index in [9.17, 15) is 4.79 Å². The minimum atomic E-state index is -1.33. The molecule has 0 atom stereocenters. The summed E-state index contributed by atoms with van der Waals surface area (Å²) in [5, 5.41) is 17.1. The largest absolute Gasteiger partial charge is 0.465 e. The average molecular weight is 406 g/mol. The van der Waals surface area contributed by atoms with Gasteiger partial charge in [-0.25, -0.2) is 4.79 Å². The molecule has 11 heteroatoms. The highest BCUT2D eigenvalue weighted by atomic mass is 35.5. The molecule has 0 spiro atoms. The number of amides is 2. The third-order valence-corrected chi connectivity index (χ3v) is 2.38. The van der Waals surface area contributed by atoms with E-state index in [-0.39, 0.29) is 18.8 Å². The van der Waals surface area contributed by atoms with Crippen molar-refractivity contribution in [3.8, 4) is 0 Å². The van der Waals surface area contributed by atoms with Crippen molar-refractivity contribution in [3.63, 3.8) is 0 Å². The molecule has 1 aromatic rings. The summed E-state index contributed by atoms with van der Waals surface area (Å²) in [5.41, 5.74) is 9.56. The van der Waals surface area contributed by atoms with Gasteiger partial charge in [0.25, 0.3) is 0 Å². The van der Waals surface area contributed by atoms with Gasteiger partial charge in [0, 0.05) is 10.0 Å². The van der Waals surface area contributed by atoms with Gasteiger partial charge in [-0.05, 0) is 23.4 Å². The van der Waals surface area contributed by atoms with Gasteiger partial charge in [-0.2, -0.15) is 12.6 Å². The number of nitrogens with two attached hydrogens (primary N) is 2. The van der Waals surface area contributed by atoms with E-state index in [1.165, 1.54) is 0 Å². The number of carbonyl (C=O) groups excluding carboxylic acids is 1. The van der Waals surface area contributed by atoms with Crippen molar-refractivity contribution in [2.24, 2.45) is 11.5 Å². The summed E-state index contributed by atoms with van der Waals surface area (Å²) < 4.78 is 0. The summed E-state index contributed by atoms with van der Waals surface area (Å²) in [7, 11) is 0. The van der Waals surface area contributed by atoms with Gasteiger partial charge in [-0.15, -0.1) is 12.4 Å². The highest BCUT2D eigenvalue weighted by Crippen LogP contribution is 2.24. The zero-order valence-corrected chi connectivity index (χ0v) is 15.4. The molecule has 0 unspecified atom stereocenters. The fraction of sp³-hybridized carbons (Fsp3) is 0.250. The first kappa shape index (κ1) is 26.5. The zero-order valence-electron chi connectivity index (χ0n) is 12.2. The molecule has 0 saturated carbocycles. The summed E-state index contributed by atoms with van der Waals surface area (Å²) in [6.45, 7) is 1.99. The van der Waals surface area contributed by atoms with Gasteiger partial charge in [0.2, 0.25) is 5.91 Å². The molecule has 23 heavy (non-hydrogen) atoms. The molecule has 0 bridgehead atoms. The number of primary amides is 1. The van der Waals surface area contributed by atoms with Gasteiger partial charge in [-0.1, -0.05) is 36.2 Å². The van der Waals surface area contributed by atoms with E-state index in [1.54, 1.807) is 18.2 Å². The second-order valence-corrected chi connectivity index (χ2v) is 4.94. The fourth-order valence-corrected chi connectivity index (χ4v) is 1.59. The van der Waals surface area contributed by atoms with Gasteiger partial charge in [0.1, 0.15) is 0 Å². The number of thiol groups is 1. The Bertz CT molecular complexity index is 494. The van der Waals surface area contributed by atoms with Gasteiger partial charge < -0.3 is 16.6 Å². The molecule has 0 aliphatic rings. The van der Waals surface area contributed by atoms with Crippen LogP contribution in [0.1, 0.15) is 12.5 Å². The molecule has 1 rings (SSSR count). The van der Waals surface area contributed by atoms with Crippen LogP contribution in [-0.2, 0) is 11.2 Å². The smallest absolute Gasteiger partial charge is 0.402 e. The number of carbonyl (C=O) groups is 2. The van der Waals surface area contributed by atoms with Crippen LogP contribution in [0.2, 0.25) is 10.0 Å². The van der Waals surface area contributed by atoms with Crippen molar-refractivity contribution in [2.45, 2.75) is 13.3 Å². The molecule has 2 amide bonds. The van der Waals surface area contributed by atoms with Crippen LogP contribution >= 0.6 is 48.2 Å². The van der Waals surface area contributed by atoms with Crippen LogP contribution in [0.25, 0.3) is 0 Å². The molecule has 0 radical (unpaired) electrons. The van der Waals surface area contributed by atoms with Gasteiger partial charge >= 0.3 is 6.09 Å². The Balaban J connectivity index is -0.000000427. The molecule has 0 aliphatic carbocycles. The molecule has 1 aromatic carbocycles. The fourth-order valence-electron chi connectivity index (χ4n) is 1.06. The lowest BCUT2D eigenvalue weighted by Gasteiger charge is -2.06. The van der Waals surface area contributed by atoms with Crippen molar-refractivity contribution < 1.29 is 14.7 Å². The van der Waals surface area contributed by atoms with Crippen LogP contribution in [0.15, 0.2) is 18.2 Å². The van der Waals surface area contributed by atoms with Crippen LogP contribution in [0.4, 0.5) is 4.79 Å². The summed E-state index contributed by atoms with van der Waals surface area (Å²) in [5.74, 6) is 0.126. The highest BCUT2D eigenvalue weighted by Gasteiger charge is 2.10. The second-order valence-electron chi connectivity index (χ2n) is 3.49. The molecule has 7 N–H and O–H groups in total. The quantitative estimate of drug-likeness (QED) is 0.255. The number of guanidine groups is 1. The Hall–Kier alpha value is -1.35. The number of benzene rings is 1. The van der Waals surface area contributed by atoms with Crippen LogP contribution in [-0.4, -0.2) is 28.8 Å². The molecule has 0 aliphatic heterocycles.